The average Bonchev–Trinajstić information content (AvgIpc) is 2.92. The first kappa shape index (κ1) is 24.8. The summed E-state index contributed by atoms with van der Waals surface area (Å²) in [6.45, 7) is 1.31. The molecule has 2 heterocycles. The molecule has 0 saturated carbocycles. The number of benzene rings is 3. The molecule has 0 aromatic heterocycles. The van der Waals surface area contributed by atoms with Gasteiger partial charge in [-0.05, 0) is 35.7 Å². The van der Waals surface area contributed by atoms with E-state index in [1.165, 1.54) is 24.3 Å². The van der Waals surface area contributed by atoms with Crippen molar-refractivity contribution in [3.8, 4) is 0 Å². The van der Waals surface area contributed by atoms with Crippen molar-refractivity contribution in [2.24, 2.45) is 0 Å². The van der Waals surface area contributed by atoms with Crippen molar-refractivity contribution in [2.75, 3.05) is 31.1 Å². The van der Waals surface area contributed by atoms with Crippen LogP contribution < -0.4 is 4.90 Å². The maximum Gasteiger partial charge on any atom is 0.289 e. The van der Waals surface area contributed by atoms with Gasteiger partial charge in [0.05, 0.1) is 10.6 Å². The van der Waals surface area contributed by atoms with Gasteiger partial charge in [0.2, 0.25) is 5.91 Å². The third-order valence-corrected chi connectivity index (χ3v) is 8.83. The summed E-state index contributed by atoms with van der Waals surface area (Å²) in [4.78, 5) is 27.7. The molecule has 0 unspecified atom stereocenters. The summed E-state index contributed by atoms with van der Waals surface area (Å²) in [5.74, 6) is -0.710. The van der Waals surface area contributed by atoms with Crippen molar-refractivity contribution < 1.29 is 22.5 Å². The second-order valence-electron chi connectivity index (χ2n) is 9.03. The Morgan fingerprint density at radius 1 is 0.892 bits per heavy atom. The van der Waals surface area contributed by atoms with Gasteiger partial charge in [0, 0.05) is 38.8 Å². The number of anilines is 1. The molecule has 1 saturated heterocycles. The number of sulfonamides is 1. The maximum atomic E-state index is 14.3. The van der Waals surface area contributed by atoms with E-state index < -0.39 is 31.6 Å². The molecule has 1 amide bonds. The van der Waals surface area contributed by atoms with Gasteiger partial charge in [-0.2, -0.15) is 4.31 Å². The third-order valence-electron chi connectivity index (χ3n) is 6.92. The van der Waals surface area contributed by atoms with Gasteiger partial charge in [0.1, 0.15) is 11.9 Å². The van der Waals surface area contributed by atoms with E-state index in [1.54, 1.807) is 35.2 Å². The second kappa shape index (κ2) is 9.91. The van der Waals surface area contributed by atoms with E-state index in [-0.39, 0.29) is 24.7 Å². The minimum Gasteiger partial charge on any atom is -0.366 e. The van der Waals surface area contributed by atoms with Gasteiger partial charge in [-0.15, -0.1) is 0 Å². The fraction of sp³-hybridized carbons (Fsp3) is 0.269. The lowest BCUT2D eigenvalue weighted by Crippen LogP contribution is -2.57. The summed E-state index contributed by atoms with van der Waals surface area (Å²) in [6.07, 6.45) is 0.155. The molecule has 0 aliphatic carbocycles. The Kier molecular flexibility index (Phi) is 6.65. The quantitative estimate of drug-likeness (QED) is 0.375. The molecule has 11 heteroatoms. The van der Waals surface area contributed by atoms with Crippen molar-refractivity contribution >= 4 is 27.3 Å². The van der Waals surface area contributed by atoms with Crippen molar-refractivity contribution in [3.05, 3.63) is 99.9 Å². The number of carbonyl (C=O) groups is 1. The maximum absolute atomic E-state index is 14.3. The number of hydrogen-bond acceptors (Lipinski definition) is 6. The lowest BCUT2D eigenvalue weighted by molar-refractivity contribution is -0.387. The summed E-state index contributed by atoms with van der Waals surface area (Å²) in [5, 5.41) is 11.6. The number of para-hydroxylation sites is 2. The molecule has 37 heavy (non-hydrogen) atoms. The number of hydrogen-bond donors (Lipinski definition) is 0. The predicted molar refractivity (Wildman–Crippen MR) is 135 cm³/mol. The zero-order valence-corrected chi connectivity index (χ0v) is 20.7. The van der Waals surface area contributed by atoms with Crippen LogP contribution in [0.15, 0.2) is 77.7 Å². The topological polar surface area (TPSA) is 104 Å². The van der Waals surface area contributed by atoms with Crippen molar-refractivity contribution in [1.82, 2.24) is 9.21 Å². The lowest BCUT2D eigenvalue weighted by atomic mass is 9.95. The van der Waals surface area contributed by atoms with Gasteiger partial charge >= 0.3 is 0 Å². The number of halogens is 1. The van der Waals surface area contributed by atoms with Crippen LogP contribution in [0.4, 0.5) is 15.8 Å². The van der Waals surface area contributed by atoms with Gasteiger partial charge < -0.3 is 9.80 Å². The molecule has 2 aliphatic rings. The molecule has 1 fully saturated rings. The normalized spacial score (nSPS) is 18.4. The van der Waals surface area contributed by atoms with Gasteiger partial charge in [-0.25, -0.2) is 12.8 Å². The first-order valence-corrected chi connectivity index (χ1v) is 13.3. The van der Waals surface area contributed by atoms with E-state index in [9.17, 15) is 27.7 Å². The van der Waals surface area contributed by atoms with Crippen LogP contribution >= 0.6 is 0 Å². The van der Waals surface area contributed by atoms with Crippen LogP contribution in [0.2, 0.25) is 0 Å². The second-order valence-corrected chi connectivity index (χ2v) is 10.9. The SMILES string of the molecule is O=C([C@@H]1Cc2ccccc2CN1S(=O)(=O)c1ccccc1[N+](=O)[O-])N1CCN(c2ccccc2F)CC1. The Balaban J connectivity index is 1.45. The van der Waals surface area contributed by atoms with Gasteiger partial charge in [0.15, 0.2) is 4.90 Å². The van der Waals surface area contributed by atoms with E-state index in [0.29, 0.717) is 31.9 Å². The minimum atomic E-state index is -4.39. The van der Waals surface area contributed by atoms with Crippen LogP contribution in [0.5, 0.6) is 0 Å². The number of rotatable bonds is 5. The standard InChI is InChI=1S/C26H25FN4O5S/c27-21-9-3-4-10-22(21)28-13-15-29(16-14-28)26(32)24-17-19-7-1-2-8-20(19)18-30(24)37(35,36)25-12-6-5-11-23(25)31(33)34/h1-12,24H,13-18H2/t24-/m0/s1. The Hall–Kier alpha value is -3.83. The molecular weight excluding hydrogens is 499 g/mol. The minimum absolute atomic E-state index is 0.0733. The van der Waals surface area contributed by atoms with Crippen LogP contribution in [0, 0.1) is 15.9 Å². The van der Waals surface area contributed by atoms with Gasteiger partial charge in [-0.3, -0.25) is 14.9 Å². The zero-order chi connectivity index (χ0) is 26.2. The number of fused-ring (bicyclic) bond motifs is 1. The molecule has 3 aromatic carbocycles. The first-order chi connectivity index (χ1) is 17.8. The summed E-state index contributed by atoms with van der Waals surface area (Å²) in [7, 11) is -4.39. The van der Waals surface area contributed by atoms with E-state index >= 15 is 0 Å². The van der Waals surface area contributed by atoms with E-state index in [1.807, 2.05) is 17.0 Å². The fourth-order valence-electron chi connectivity index (χ4n) is 5.00. The lowest BCUT2D eigenvalue weighted by Gasteiger charge is -2.41. The summed E-state index contributed by atoms with van der Waals surface area (Å²) in [5.41, 5.74) is 1.53. The molecule has 2 aliphatic heterocycles. The number of nitro benzene ring substituents is 1. The average molecular weight is 525 g/mol. The predicted octanol–water partition coefficient (Wildman–Crippen LogP) is 3.20. The molecule has 1 atom stereocenters. The Bertz CT molecular complexity index is 1460. The van der Waals surface area contributed by atoms with Crippen LogP contribution in [-0.2, 0) is 27.8 Å². The van der Waals surface area contributed by atoms with E-state index in [4.69, 9.17) is 0 Å². The number of amides is 1. The highest BCUT2D eigenvalue weighted by Crippen LogP contribution is 2.34. The van der Waals surface area contributed by atoms with Gasteiger partial charge in [-0.1, -0.05) is 48.5 Å². The highest BCUT2D eigenvalue weighted by Gasteiger charge is 2.43. The molecular formula is C26H25FN4O5S. The largest absolute Gasteiger partial charge is 0.366 e. The van der Waals surface area contributed by atoms with E-state index in [2.05, 4.69) is 0 Å². The fourth-order valence-corrected chi connectivity index (χ4v) is 6.72. The Morgan fingerprint density at radius 3 is 2.22 bits per heavy atom. The summed E-state index contributed by atoms with van der Waals surface area (Å²) in [6, 6.07) is 17.8. The van der Waals surface area contributed by atoms with Crippen molar-refractivity contribution in [3.63, 3.8) is 0 Å². The Labute approximate surface area is 213 Å². The number of nitrogens with zero attached hydrogens (tertiary/aromatic N) is 4. The van der Waals surface area contributed by atoms with Crippen LogP contribution in [0.1, 0.15) is 11.1 Å². The molecule has 0 radical (unpaired) electrons. The first-order valence-electron chi connectivity index (χ1n) is 11.9. The summed E-state index contributed by atoms with van der Waals surface area (Å²) < 4.78 is 42.9. The monoisotopic (exact) mass is 524 g/mol. The molecule has 0 spiro atoms. The number of carbonyl (C=O) groups excluding carboxylic acids is 1. The molecule has 0 bridgehead atoms. The smallest absolute Gasteiger partial charge is 0.289 e. The highest BCUT2D eigenvalue weighted by molar-refractivity contribution is 7.89. The molecule has 3 aromatic rings. The van der Waals surface area contributed by atoms with Crippen LogP contribution in [-0.4, -0.2) is 60.7 Å². The number of nitro groups is 1. The molecule has 5 rings (SSSR count). The van der Waals surface area contributed by atoms with Crippen LogP contribution in [0.3, 0.4) is 0 Å². The molecule has 192 valence electrons. The van der Waals surface area contributed by atoms with Crippen molar-refractivity contribution in [1.29, 1.82) is 0 Å². The highest BCUT2D eigenvalue weighted by atomic mass is 32.2. The molecule has 9 nitrogen and oxygen atoms in total. The number of piperazine rings is 1. The molecule has 0 N–H and O–H groups in total. The third kappa shape index (κ3) is 4.67. The van der Waals surface area contributed by atoms with E-state index in [0.717, 1.165) is 21.5 Å². The Morgan fingerprint density at radius 2 is 1.51 bits per heavy atom. The zero-order valence-electron chi connectivity index (χ0n) is 19.9. The summed E-state index contributed by atoms with van der Waals surface area (Å²) >= 11 is 0. The van der Waals surface area contributed by atoms with Crippen molar-refractivity contribution in [2.45, 2.75) is 23.9 Å². The van der Waals surface area contributed by atoms with Gasteiger partial charge in [0.25, 0.3) is 15.7 Å². The van der Waals surface area contributed by atoms with Crippen LogP contribution in [0.25, 0.3) is 0 Å².